The second kappa shape index (κ2) is 5.21. The second-order valence-corrected chi connectivity index (χ2v) is 6.45. The Bertz CT molecular complexity index is 501. The number of benzene rings is 1. The molecule has 1 aromatic rings. The highest BCUT2D eigenvalue weighted by Crippen LogP contribution is 2.39. The summed E-state index contributed by atoms with van der Waals surface area (Å²) >= 11 is 0. The molecule has 2 fully saturated rings. The van der Waals surface area contributed by atoms with E-state index in [1.807, 2.05) is 0 Å². The molecule has 2 atom stereocenters. The molecular weight excluding hydrogens is 248 g/mol. The van der Waals surface area contributed by atoms with E-state index in [4.69, 9.17) is 5.73 Å². The van der Waals surface area contributed by atoms with Crippen LogP contribution in [0.4, 0.5) is 0 Å². The maximum absolute atomic E-state index is 12.5. The standard InChI is InChI=1S/C17H24N2O/c1-11-8-12(2)10-13(9-11)17-15(18)4-3-5-16(20)19(17)14-6-7-14/h8-10,14-15,17H,3-7,18H2,1-2H3. The van der Waals surface area contributed by atoms with E-state index in [-0.39, 0.29) is 12.1 Å². The number of carbonyl (C=O) groups is 1. The van der Waals surface area contributed by atoms with E-state index in [1.54, 1.807) is 0 Å². The average Bonchev–Trinajstić information content (AvgIpc) is 3.17. The lowest BCUT2D eigenvalue weighted by Gasteiger charge is -2.34. The molecule has 1 heterocycles. The van der Waals surface area contributed by atoms with Crippen LogP contribution in [0, 0.1) is 13.8 Å². The van der Waals surface area contributed by atoms with Gasteiger partial charge in [-0.2, -0.15) is 0 Å². The summed E-state index contributed by atoms with van der Waals surface area (Å²) in [4.78, 5) is 14.6. The summed E-state index contributed by atoms with van der Waals surface area (Å²) in [6.07, 6.45) is 4.79. The Morgan fingerprint density at radius 1 is 1.10 bits per heavy atom. The van der Waals surface area contributed by atoms with Crippen molar-refractivity contribution in [2.75, 3.05) is 0 Å². The van der Waals surface area contributed by atoms with Crippen molar-refractivity contribution in [1.82, 2.24) is 4.90 Å². The van der Waals surface area contributed by atoms with E-state index >= 15 is 0 Å². The van der Waals surface area contributed by atoms with Crippen molar-refractivity contribution in [3.05, 3.63) is 34.9 Å². The zero-order valence-corrected chi connectivity index (χ0v) is 12.4. The van der Waals surface area contributed by atoms with E-state index in [1.165, 1.54) is 16.7 Å². The lowest BCUT2D eigenvalue weighted by atomic mass is 9.93. The van der Waals surface area contributed by atoms with E-state index < -0.39 is 0 Å². The third kappa shape index (κ3) is 2.59. The SMILES string of the molecule is Cc1cc(C)cc(C2C(N)CCCC(=O)N2C2CC2)c1. The van der Waals surface area contributed by atoms with Crippen LogP contribution in [0.5, 0.6) is 0 Å². The van der Waals surface area contributed by atoms with Crippen molar-refractivity contribution in [1.29, 1.82) is 0 Å². The number of carbonyl (C=O) groups excluding carboxylic acids is 1. The molecule has 2 unspecified atom stereocenters. The topological polar surface area (TPSA) is 46.3 Å². The Labute approximate surface area is 121 Å². The predicted octanol–water partition coefficient (Wildman–Crippen LogP) is 2.85. The molecule has 1 aliphatic carbocycles. The summed E-state index contributed by atoms with van der Waals surface area (Å²) in [7, 11) is 0. The molecule has 1 amide bonds. The minimum absolute atomic E-state index is 0.0586. The minimum Gasteiger partial charge on any atom is -0.331 e. The van der Waals surface area contributed by atoms with E-state index in [2.05, 4.69) is 36.9 Å². The van der Waals surface area contributed by atoms with Crippen LogP contribution in [-0.4, -0.2) is 22.9 Å². The lowest BCUT2D eigenvalue weighted by Crippen LogP contribution is -2.43. The fraction of sp³-hybridized carbons (Fsp3) is 0.588. The number of nitrogens with zero attached hydrogens (tertiary/aromatic N) is 1. The molecule has 3 nitrogen and oxygen atoms in total. The second-order valence-electron chi connectivity index (χ2n) is 6.45. The third-order valence-electron chi connectivity index (χ3n) is 4.45. The molecule has 3 rings (SSSR count). The molecule has 20 heavy (non-hydrogen) atoms. The highest BCUT2D eigenvalue weighted by molar-refractivity contribution is 5.78. The first-order chi connectivity index (χ1) is 9.56. The first kappa shape index (κ1) is 13.6. The monoisotopic (exact) mass is 272 g/mol. The predicted molar refractivity (Wildman–Crippen MR) is 80.4 cm³/mol. The lowest BCUT2D eigenvalue weighted by molar-refractivity contribution is -0.133. The fourth-order valence-electron chi connectivity index (χ4n) is 3.51. The molecule has 1 saturated carbocycles. The first-order valence-corrected chi connectivity index (χ1v) is 7.71. The Kier molecular flexibility index (Phi) is 3.55. The molecule has 0 aromatic heterocycles. The molecule has 108 valence electrons. The Morgan fingerprint density at radius 2 is 1.75 bits per heavy atom. The summed E-state index contributed by atoms with van der Waals surface area (Å²) < 4.78 is 0. The summed E-state index contributed by atoms with van der Waals surface area (Å²) in [5.74, 6) is 0.296. The summed E-state index contributed by atoms with van der Waals surface area (Å²) in [6, 6.07) is 7.13. The molecule has 2 aliphatic rings. The van der Waals surface area contributed by atoms with Crippen molar-refractivity contribution in [2.24, 2.45) is 5.73 Å². The first-order valence-electron chi connectivity index (χ1n) is 7.71. The number of hydrogen-bond acceptors (Lipinski definition) is 2. The van der Waals surface area contributed by atoms with Crippen LogP contribution in [0.3, 0.4) is 0 Å². The van der Waals surface area contributed by atoms with Crippen LogP contribution in [0.1, 0.15) is 54.8 Å². The molecule has 0 spiro atoms. The van der Waals surface area contributed by atoms with Crippen LogP contribution >= 0.6 is 0 Å². The number of hydrogen-bond donors (Lipinski definition) is 1. The van der Waals surface area contributed by atoms with Gasteiger partial charge in [0.25, 0.3) is 0 Å². The number of likely N-dealkylation sites (tertiary alicyclic amines) is 1. The smallest absolute Gasteiger partial charge is 0.223 e. The van der Waals surface area contributed by atoms with Gasteiger partial charge in [-0.25, -0.2) is 0 Å². The van der Waals surface area contributed by atoms with Crippen molar-refractivity contribution in [2.45, 2.75) is 64.1 Å². The highest BCUT2D eigenvalue weighted by Gasteiger charge is 2.41. The van der Waals surface area contributed by atoms with Gasteiger partial charge < -0.3 is 10.6 Å². The molecule has 0 bridgehead atoms. The van der Waals surface area contributed by atoms with Crippen LogP contribution < -0.4 is 5.73 Å². The largest absolute Gasteiger partial charge is 0.331 e. The Hall–Kier alpha value is -1.35. The van der Waals surface area contributed by atoms with Gasteiger partial charge in [-0.3, -0.25) is 4.79 Å². The van der Waals surface area contributed by atoms with Gasteiger partial charge in [-0.15, -0.1) is 0 Å². The van der Waals surface area contributed by atoms with Gasteiger partial charge >= 0.3 is 0 Å². The molecule has 2 N–H and O–H groups in total. The number of aryl methyl sites for hydroxylation is 2. The molecule has 0 radical (unpaired) electrons. The number of amides is 1. The fourth-order valence-corrected chi connectivity index (χ4v) is 3.51. The average molecular weight is 272 g/mol. The minimum atomic E-state index is 0.0586. The van der Waals surface area contributed by atoms with Crippen LogP contribution in [-0.2, 0) is 4.79 Å². The molecule has 1 saturated heterocycles. The number of rotatable bonds is 2. The summed E-state index contributed by atoms with van der Waals surface area (Å²) in [5, 5.41) is 0. The maximum atomic E-state index is 12.5. The van der Waals surface area contributed by atoms with E-state index in [0.29, 0.717) is 18.4 Å². The van der Waals surface area contributed by atoms with Gasteiger partial charge in [0.2, 0.25) is 5.91 Å². The van der Waals surface area contributed by atoms with Gasteiger partial charge in [-0.05, 0) is 45.1 Å². The van der Waals surface area contributed by atoms with Gasteiger partial charge in [-0.1, -0.05) is 29.3 Å². The zero-order chi connectivity index (χ0) is 14.3. The summed E-state index contributed by atoms with van der Waals surface area (Å²) in [6.45, 7) is 4.23. The Balaban J connectivity index is 2.02. The molecule has 1 aliphatic heterocycles. The molecule has 3 heteroatoms. The highest BCUT2D eigenvalue weighted by atomic mass is 16.2. The van der Waals surface area contributed by atoms with Crippen LogP contribution in [0.2, 0.25) is 0 Å². The molecule has 1 aromatic carbocycles. The maximum Gasteiger partial charge on any atom is 0.223 e. The number of nitrogens with two attached hydrogens (primary N) is 1. The van der Waals surface area contributed by atoms with Crippen LogP contribution in [0.15, 0.2) is 18.2 Å². The van der Waals surface area contributed by atoms with E-state index in [0.717, 1.165) is 25.7 Å². The van der Waals surface area contributed by atoms with Crippen molar-refractivity contribution < 1.29 is 4.79 Å². The van der Waals surface area contributed by atoms with Crippen LogP contribution in [0.25, 0.3) is 0 Å². The zero-order valence-electron chi connectivity index (χ0n) is 12.4. The van der Waals surface area contributed by atoms with Crippen molar-refractivity contribution in [3.63, 3.8) is 0 Å². The van der Waals surface area contributed by atoms with E-state index in [9.17, 15) is 4.79 Å². The van der Waals surface area contributed by atoms with Gasteiger partial charge in [0, 0.05) is 18.5 Å². The van der Waals surface area contributed by atoms with Crippen molar-refractivity contribution in [3.8, 4) is 0 Å². The Morgan fingerprint density at radius 3 is 2.35 bits per heavy atom. The summed E-state index contributed by atoms with van der Waals surface area (Å²) in [5.41, 5.74) is 10.2. The quantitative estimate of drug-likeness (QED) is 0.900. The van der Waals surface area contributed by atoms with Gasteiger partial charge in [0.05, 0.1) is 6.04 Å². The van der Waals surface area contributed by atoms with Gasteiger partial charge in [0.15, 0.2) is 0 Å². The third-order valence-corrected chi connectivity index (χ3v) is 4.45. The van der Waals surface area contributed by atoms with Gasteiger partial charge in [0.1, 0.15) is 0 Å². The normalized spacial score (nSPS) is 27.6. The van der Waals surface area contributed by atoms with Crippen molar-refractivity contribution >= 4 is 5.91 Å². The molecular formula is C17H24N2O.